The Balaban J connectivity index is 1.47. The lowest BCUT2D eigenvalue weighted by Crippen LogP contribution is -2.48. The molecule has 4 rings (SSSR count). The zero-order valence-electron chi connectivity index (χ0n) is 17.2. The molecule has 1 aromatic heterocycles. The number of aliphatic hydroxyl groups excluding tert-OH is 1. The highest BCUT2D eigenvalue weighted by Gasteiger charge is 2.47. The van der Waals surface area contributed by atoms with Gasteiger partial charge in [-0.15, -0.1) is 0 Å². The Morgan fingerprint density at radius 1 is 1.26 bits per heavy atom. The third kappa shape index (κ3) is 4.47. The molecule has 0 amide bonds. The summed E-state index contributed by atoms with van der Waals surface area (Å²) in [6, 6.07) is 5.66. The number of piperidine rings is 1. The molecular formula is C21H26F3N5OS. The average molecular weight is 454 g/mol. The van der Waals surface area contributed by atoms with Crippen LogP contribution in [0.5, 0.6) is 0 Å². The number of rotatable bonds is 4. The molecular weight excluding hydrogens is 427 g/mol. The van der Waals surface area contributed by atoms with Gasteiger partial charge in [-0.2, -0.15) is 13.2 Å². The minimum absolute atomic E-state index is 0.0431. The Morgan fingerprint density at radius 3 is 2.61 bits per heavy atom. The van der Waals surface area contributed by atoms with E-state index in [2.05, 4.69) is 20.2 Å². The van der Waals surface area contributed by atoms with Crippen molar-refractivity contribution in [3.8, 4) is 0 Å². The molecule has 6 nitrogen and oxygen atoms in total. The van der Waals surface area contributed by atoms with Gasteiger partial charge in [0.1, 0.15) is 10.8 Å². The second-order valence-electron chi connectivity index (χ2n) is 8.30. The number of benzene rings is 1. The van der Waals surface area contributed by atoms with E-state index in [4.69, 9.17) is 5.73 Å². The molecule has 2 fully saturated rings. The summed E-state index contributed by atoms with van der Waals surface area (Å²) in [5.74, 6) is 0.740. The van der Waals surface area contributed by atoms with Crippen LogP contribution in [0.25, 0.3) is 0 Å². The van der Waals surface area contributed by atoms with Crippen molar-refractivity contribution in [2.24, 2.45) is 5.41 Å². The molecule has 1 spiro atoms. The summed E-state index contributed by atoms with van der Waals surface area (Å²) in [7, 11) is 1.94. The van der Waals surface area contributed by atoms with Crippen LogP contribution in [0.1, 0.15) is 31.2 Å². The maximum absolute atomic E-state index is 13.3. The van der Waals surface area contributed by atoms with Gasteiger partial charge in [0, 0.05) is 24.0 Å². The predicted molar refractivity (Wildman–Crippen MR) is 114 cm³/mol. The summed E-state index contributed by atoms with van der Waals surface area (Å²) >= 11 is 0.869. The lowest BCUT2D eigenvalue weighted by atomic mass is 9.74. The number of nitrogens with one attached hydrogen (secondary N) is 1. The number of anilines is 2. The Labute approximate surface area is 183 Å². The van der Waals surface area contributed by atoms with Crippen molar-refractivity contribution in [2.75, 3.05) is 30.8 Å². The highest BCUT2D eigenvalue weighted by atomic mass is 32.2. The van der Waals surface area contributed by atoms with Gasteiger partial charge >= 0.3 is 6.18 Å². The molecule has 1 aliphatic carbocycles. The fourth-order valence-electron chi connectivity index (χ4n) is 4.88. The van der Waals surface area contributed by atoms with Gasteiger partial charge in [0.15, 0.2) is 5.82 Å². The van der Waals surface area contributed by atoms with Crippen molar-refractivity contribution in [3.05, 3.63) is 36.0 Å². The number of hydrogen-bond donors (Lipinski definition) is 3. The number of aliphatic hydroxyl groups is 1. The lowest BCUT2D eigenvalue weighted by Gasteiger charge is -2.43. The Bertz CT molecular complexity index is 933. The van der Waals surface area contributed by atoms with E-state index in [1.165, 1.54) is 12.1 Å². The first kappa shape index (κ1) is 22.2. The number of alkyl halides is 3. The predicted octanol–water partition coefficient (Wildman–Crippen LogP) is 3.56. The number of nitrogens with zero attached hydrogens (tertiary/aromatic N) is 3. The van der Waals surface area contributed by atoms with Crippen molar-refractivity contribution >= 4 is 23.4 Å². The van der Waals surface area contributed by atoms with E-state index in [0.29, 0.717) is 11.9 Å². The number of halogens is 3. The van der Waals surface area contributed by atoms with Crippen LogP contribution >= 0.6 is 11.8 Å². The largest absolute Gasteiger partial charge is 0.417 e. The molecule has 10 heteroatoms. The van der Waals surface area contributed by atoms with Crippen LogP contribution in [0.15, 0.2) is 40.4 Å². The summed E-state index contributed by atoms with van der Waals surface area (Å²) in [5.41, 5.74) is 5.43. The van der Waals surface area contributed by atoms with E-state index in [0.717, 1.165) is 56.6 Å². The topological polar surface area (TPSA) is 87.3 Å². The molecule has 0 unspecified atom stereocenters. The fourth-order valence-corrected chi connectivity index (χ4v) is 5.79. The van der Waals surface area contributed by atoms with Crippen LogP contribution in [0, 0.1) is 5.41 Å². The molecule has 4 N–H and O–H groups in total. The first-order valence-electron chi connectivity index (χ1n) is 10.3. The van der Waals surface area contributed by atoms with Gasteiger partial charge in [-0.25, -0.2) is 9.97 Å². The van der Waals surface area contributed by atoms with E-state index >= 15 is 0 Å². The minimum Gasteiger partial charge on any atom is -0.393 e. The second-order valence-corrected chi connectivity index (χ2v) is 9.33. The van der Waals surface area contributed by atoms with E-state index in [9.17, 15) is 18.3 Å². The molecule has 1 saturated heterocycles. The van der Waals surface area contributed by atoms with Crippen molar-refractivity contribution in [1.82, 2.24) is 15.3 Å². The van der Waals surface area contributed by atoms with Crippen LogP contribution < -0.4 is 16.0 Å². The minimum atomic E-state index is -4.45. The SMILES string of the molecule is CN[C@@H]1C[C@H](O)CC12CCN(c1cnc(Sc3ccccc3C(F)(F)F)c(N)n1)CC2. The number of hydrogen-bond acceptors (Lipinski definition) is 7. The maximum atomic E-state index is 13.3. The normalized spacial score (nSPS) is 23.5. The summed E-state index contributed by atoms with van der Waals surface area (Å²) in [6.07, 6.45) is 0.276. The van der Waals surface area contributed by atoms with E-state index in [1.807, 2.05) is 7.05 Å². The van der Waals surface area contributed by atoms with Crippen LogP contribution in [-0.4, -0.2) is 47.4 Å². The highest BCUT2D eigenvalue weighted by molar-refractivity contribution is 7.99. The first-order valence-corrected chi connectivity index (χ1v) is 11.1. The van der Waals surface area contributed by atoms with Gasteiger partial charge < -0.3 is 21.1 Å². The van der Waals surface area contributed by atoms with E-state index in [-0.39, 0.29) is 27.3 Å². The van der Waals surface area contributed by atoms with Gasteiger partial charge in [0.05, 0.1) is 17.9 Å². The molecule has 31 heavy (non-hydrogen) atoms. The van der Waals surface area contributed by atoms with E-state index in [1.54, 1.807) is 12.3 Å². The summed E-state index contributed by atoms with van der Waals surface area (Å²) in [4.78, 5) is 10.9. The molecule has 1 aliphatic heterocycles. The van der Waals surface area contributed by atoms with Crippen molar-refractivity contribution < 1.29 is 18.3 Å². The first-order chi connectivity index (χ1) is 14.7. The summed E-state index contributed by atoms with van der Waals surface area (Å²) < 4.78 is 39.8. The fraction of sp³-hybridized carbons (Fsp3) is 0.524. The molecule has 2 aromatic rings. The standard InChI is InChI=1S/C21H26F3N5OS/c1-26-16-10-13(30)11-20(16)6-8-29(9-7-20)17-12-27-19(18(25)28-17)31-15-5-3-2-4-14(15)21(22,23)24/h2-5,12-13,16,26,30H,6-11H2,1H3,(H2,25,28)/t13-,16+/m0/s1. The molecule has 0 radical (unpaired) electrons. The van der Waals surface area contributed by atoms with Crippen LogP contribution in [-0.2, 0) is 6.18 Å². The lowest BCUT2D eigenvalue weighted by molar-refractivity contribution is -0.139. The smallest absolute Gasteiger partial charge is 0.393 e. The Hall–Kier alpha value is -2.04. The van der Waals surface area contributed by atoms with Crippen LogP contribution in [0.2, 0.25) is 0 Å². The zero-order chi connectivity index (χ0) is 22.2. The molecule has 2 atom stereocenters. The molecule has 1 saturated carbocycles. The highest BCUT2D eigenvalue weighted by Crippen LogP contribution is 2.47. The van der Waals surface area contributed by atoms with Gasteiger partial charge in [-0.1, -0.05) is 23.9 Å². The van der Waals surface area contributed by atoms with Gasteiger partial charge in [-0.05, 0) is 50.3 Å². The zero-order valence-corrected chi connectivity index (χ0v) is 18.0. The number of nitrogen functional groups attached to an aromatic ring is 1. The molecule has 168 valence electrons. The van der Waals surface area contributed by atoms with Gasteiger partial charge in [0.2, 0.25) is 0 Å². The third-order valence-corrected chi connectivity index (χ3v) is 7.56. The van der Waals surface area contributed by atoms with Crippen LogP contribution in [0.4, 0.5) is 24.8 Å². The number of aromatic nitrogens is 2. The summed E-state index contributed by atoms with van der Waals surface area (Å²) in [5, 5.41) is 13.7. The van der Waals surface area contributed by atoms with E-state index < -0.39 is 11.7 Å². The van der Waals surface area contributed by atoms with Crippen molar-refractivity contribution in [2.45, 2.75) is 53.9 Å². The maximum Gasteiger partial charge on any atom is 0.417 e. The quantitative estimate of drug-likeness (QED) is 0.653. The van der Waals surface area contributed by atoms with Crippen LogP contribution in [0.3, 0.4) is 0 Å². The Kier molecular flexibility index (Phi) is 6.06. The second kappa shape index (κ2) is 8.48. The molecule has 1 aromatic carbocycles. The van der Waals surface area contributed by atoms with Gasteiger partial charge in [0.25, 0.3) is 0 Å². The monoisotopic (exact) mass is 453 g/mol. The van der Waals surface area contributed by atoms with Crippen molar-refractivity contribution in [1.29, 1.82) is 0 Å². The van der Waals surface area contributed by atoms with Crippen molar-refractivity contribution in [3.63, 3.8) is 0 Å². The average Bonchev–Trinajstić information content (AvgIpc) is 3.04. The van der Waals surface area contributed by atoms with Gasteiger partial charge in [-0.3, -0.25) is 0 Å². The Morgan fingerprint density at radius 2 is 1.97 bits per heavy atom. The molecule has 2 aliphatic rings. The molecule has 2 heterocycles. The third-order valence-electron chi connectivity index (χ3n) is 6.47. The molecule has 0 bridgehead atoms. The number of nitrogens with two attached hydrogens (primary N) is 1. The summed E-state index contributed by atoms with van der Waals surface area (Å²) in [6.45, 7) is 1.53.